The number of para-hydroxylation sites is 1. The molecule has 0 fully saturated rings. The van der Waals surface area contributed by atoms with E-state index in [9.17, 15) is 10.2 Å². The fourth-order valence-electron chi connectivity index (χ4n) is 2.27. The Kier molecular flexibility index (Phi) is 3.28. The van der Waals surface area contributed by atoms with Crippen LogP contribution in [-0.4, -0.2) is 10.2 Å². The van der Waals surface area contributed by atoms with Crippen LogP contribution < -0.4 is 0 Å². The molecule has 0 heterocycles. The standard InChI is InChI=1S/C16H18O2/c1-10-8-13(9-11(2)16(10)18)12(3)14-6-4-5-7-15(14)17/h4-9,12,17-18H,1-3H3. The minimum absolute atomic E-state index is 0.101. The molecular weight excluding hydrogens is 224 g/mol. The van der Waals surface area contributed by atoms with Crippen molar-refractivity contribution in [2.45, 2.75) is 26.7 Å². The van der Waals surface area contributed by atoms with Crippen LogP contribution in [-0.2, 0) is 0 Å². The highest BCUT2D eigenvalue weighted by Gasteiger charge is 2.14. The highest BCUT2D eigenvalue weighted by atomic mass is 16.3. The van der Waals surface area contributed by atoms with Gasteiger partial charge in [-0.1, -0.05) is 37.3 Å². The zero-order valence-electron chi connectivity index (χ0n) is 10.9. The largest absolute Gasteiger partial charge is 0.508 e. The number of aryl methyl sites for hydroxylation is 2. The third-order valence-electron chi connectivity index (χ3n) is 3.42. The summed E-state index contributed by atoms with van der Waals surface area (Å²) >= 11 is 0. The van der Waals surface area contributed by atoms with Crippen LogP contribution in [0.5, 0.6) is 11.5 Å². The van der Waals surface area contributed by atoms with E-state index in [4.69, 9.17) is 0 Å². The molecule has 0 aliphatic heterocycles. The molecule has 18 heavy (non-hydrogen) atoms. The lowest BCUT2D eigenvalue weighted by Gasteiger charge is -2.16. The van der Waals surface area contributed by atoms with Crippen LogP contribution >= 0.6 is 0 Å². The molecule has 1 unspecified atom stereocenters. The molecule has 94 valence electrons. The fraction of sp³-hybridized carbons (Fsp3) is 0.250. The molecular formula is C16H18O2. The van der Waals surface area contributed by atoms with Crippen LogP contribution in [0.2, 0.25) is 0 Å². The van der Waals surface area contributed by atoms with Gasteiger partial charge >= 0.3 is 0 Å². The topological polar surface area (TPSA) is 40.5 Å². The summed E-state index contributed by atoms with van der Waals surface area (Å²) < 4.78 is 0. The maximum absolute atomic E-state index is 9.89. The van der Waals surface area contributed by atoms with Gasteiger partial charge in [-0.3, -0.25) is 0 Å². The Labute approximate surface area is 108 Å². The molecule has 0 aliphatic carbocycles. The first kappa shape index (κ1) is 12.5. The van der Waals surface area contributed by atoms with Crippen LogP contribution in [0, 0.1) is 13.8 Å². The summed E-state index contributed by atoms with van der Waals surface area (Å²) in [6.07, 6.45) is 0. The zero-order valence-corrected chi connectivity index (χ0v) is 10.9. The lowest BCUT2D eigenvalue weighted by molar-refractivity contribution is 0.464. The molecule has 0 aromatic heterocycles. The van der Waals surface area contributed by atoms with Crippen LogP contribution in [0.1, 0.15) is 35.1 Å². The Balaban J connectivity index is 2.47. The number of hydrogen-bond acceptors (Lipinski definition) is 2. The fourth-order valence-corrected chi connectivity index (χ4v) is 2.27. The second kappa shape index (κ2) is 4.73. The minimum Gasteiger partial charge on any atom is -0.508 e. The van der Waals surface area contributed by atoms with E-state index in [1.807, 2.05) is 44.2 Å². The van der Waals surface area contributed by atoms with Gasteiger partial charge in [0.15, 0.2) is 0 Å². The van der Waals surface area contributed by atoms with Gasteiger partial charge in [-0.05, 0) is 36.6 Å². The van der Waals surface area contributed by atoms with Crippen LogP contribution in [0.25, 0.3) is 0 Å². The summed E-state index contributed by atoms with van der Waals surface area (Å²) in [6, 6.07) is 11.3. The van der Waals surface area contributed by atoms with Crippen molar-refractivity contribution in [1.29, 1.82) is 0 Å². The summed E-state index contributed by atoms with van der Waals surface area (Å²) in [5.74, 6) is 0.765. The Morgan fingerprint density at radius 1 is 0.944 bits per heavy atom. The molecule has 2 nitrogen and oxygen atoms in total. The van der Waals surface area contributed by atoms with Gasteiger partial charge in [0.25, 0.3) is 0 Å². The number of hydrogen-bond donors (Lipinski definition) is 2. The third kappa shape index (κ3) is 2.19. The summed E-state index contributed by atoms with van der Waals surface area (Å²) in [6.45, 7) is 5.84. The van der Waals surface area contributed by atoms with Crippen molar-refractivity contribution >= 4 is 0 Å². The van der Waals surface area contributed by atoms with Gasteiger partial charge in [-0.2, -0.15) is 0 Å². The number of rotatable bonds is 2. The van der Waals surface area contributed by atoms with Gasteiger partial charge in [-0.25, -0.2) is 0 Å². The smallest absolute Gasteiger partial charge is 0.121 e. The van der Waals surface area contributed by atoms with E-state index in [2.05, 4.69) is 6.92 Å². The van der Waals surface area contributed by atoms with Crippen molar-refractivity contribution in [3.63, 3.8) is 0 Å². The van der Waals surface area contributed by atoms with Gasteiger partial charge in [0.05, 0.1) is 0 Å². The van der Waals surface area contributed by atoms with E-state index in [1.54, 1.807) is 6.07 Å². The van der Waals surface area contributed by atoms with E-state index in [-0.39, 0.29) is 5.92 Å². The zero-order chi connectivity index (χ0) is 13.3. The quantitative estimate of drug-likeness (QED) is 0.839. The number of phenols is 2. The van der Waals surface area contributed by atoms with Crippen LogP contribution in [0.4, 0.5) is 0 Å². The van der Waals surface area contributed by atoms with E-state index in [0.717, 1.165) is 22.3 Å². The van der Waals surface area contributed by atoms with Gasteiger partial charge in [0, 0.05) is 11.5 Å². The first-order valence-electron chi connectivity index (χ1n) is 6.08. The van der Waals surface area contributed by atoms with Gasteiger partial charge in [-0.15, -0.1) is 0 Å². The molecule has 2 heteroatoms. The average molecular weight is 242 g/mol. The summed E-state index contributed by atoms with van der Waals surface area (Å²) in [5, 5.41) is 19.7. The molecule has 0 amide bonds. The molecule has 2 rings (SSSR count). The van der Waals surface area contributed by atoms with Gasteiger partial charge in [0.2, 0.25) is 0 Å². The maximum Gasteiger partial charge on any atom is 0.121 e. The lowest BCUT2D eigenvalue weighted by Crippen LogP contribution is -1.98. The highest BCUT2D eigenvalue weighted by Crippen LogP contribution is 2.33. The van der Waals surface area contributed by atoms with Gasteiger partial charge in [0.1, 0.15) is 11.5 Å². The minimum atomic E-state index is 0.101. The van der Waals surface area contributed by atoms with Crippen LogP contribution in [0.15, 0.2) is 36.4 Å². The first-order chi connectivity index (χ1) is 8.50. The van der Waals surface area contributed by atoms with Crippen molar-refractivity contribution in [3.05, 3.63) is 58.7 Å². The SMILES string of the molecule is Cc1cc(C(C)c2ccccc2O)cc(C)c1O. The third-order valence-corrected chi connectivity index (χ3v) is 3.42. The molecule has 1 atom stereocenters. The molecule has 2 aromatic rings. The average Bonchev–Trinajstić information content (AvgIpc) is 2.35. The van der Waals surface area contributed by atoms with E-state index < -0.39 is 0 Å². The lowest BCUT2D eigenvalue weighted by atomic mass is 9.90. The number of aromatic hydroxyl groups is 2. The van der Waals surface area contributed by atoms with E-state index in [1.165, 1.54) is 0 Å². The Morgan fingerprint density at radius 3 is 2.06 bits per heavy atom. The van der Waals surface area contributed by atoms with Crippen molar-refractivity contribution in [3.8, 4) is 11.5 Å². The summed E-state index contributed by atoms with van der Waals surface area (Å²) in [4.78, 5) is 0. The molecule has 2 N–H and O–H groups in total. The molecule has 0 bridgehead atoms. The van der Waals surface area contributed by atoms with E-state index in [0.29, 0.717) is 11.5 Å². The predicted octanol–water partition coefficient (Wildman–Crippen LogP) is 3.87. The molecule has 0 radical (unpaired) electrons. The van der Waals surface area contributed by atoms with Crippen molar-refractivity contribution in [2.75, 3.05) is 0 Å². The number of phenolic OH excluding ortho intramolecular Hbond substituents is 2. The molecule has 0 spiro atoms. The molecule has 2 aromatic carbocycles. The molecule has 0 aliphatic rings. The monoisotopic (exact) mass is 242 g/mol. The Bertz CT molecular complexity index is 550. The Hall–Kier alpha value is -1.96. The Morgan fingerprint density at radius 2 is 1.50 bits per heavy atom. The summed E-state index contributed by atoms with van der Waals surface area (Å²) in [7, 11) is 0. The second-order valence-corrected chi connectivity index (χ2v) is 4.78. The summed E-state index contributed by atoms with van der Waals surface area (Å²) in [5.41, 5.74) is 3.74. The van der Waals surface area contributed by atoms with Crippen LogP contribution in [0.3, 0.4) is 0 Å². The number of benzene rings is 2. The van der Waals surface area contributed by atoms with Crippen molar-refractivity contribution in [1.82, 2.24) is 0 Å². The van der Waals surface area contributed by atoms with E-state index >= 15 is 0 Å². The van der Waals surface area contributed by atoms with Crippen molar-refractivity contribution < 1.29 is 10.2 Å². The van der Waals surface area contributed by atoms with Crippen molar-refractivity contribution in [2.24, 2.45) is 0 Å². The second-order valence-electron chi connectivity index (χ2n) is 4.78. The maximum atomic E-state index is 9.89. The normalized spacial score (nSPS) is 12.4. The highest BCUT2D eigenvalue weighted by molar-refractivity contribution is 5.47. The molecule has 0 saturated heterocycles. The predicted molar refractivity (Wildman–Crippen MR) is 73.2 cm³/mol. The molecule has 0 saturated carbocycles. The van der Waals surface area contributed by atoms with Gasteiger partial charge < -0.3 is 10.2 Å². The first-order valence-corrected chi connectivity index (χ1v) is 6.08.